The van der Waals surface area contributed by atoms with Gasteiger partial charge in [0.1, 0.15) is 12.1 Å². The van der Waals surface area contributed by atoms with Gasteiger partial charge in [0.25, 0.3) is 0 Å². The number of rotatable bonds is 3. The van der Waals surface area contributed by atoms with Crippen LogP contribution in [0, 0.1) is 0 Å². The standard InChI is InChI=1S/C12H11ClN2O/c1-2-16-10-5-3-4-9(6-10)12-11(13)7-14-8-15-12/h3-8H,2H2,1H3. The van der Waals surface area contributed by atoms with Crippen LogP contribution in [0.15, 0.2) is 36.8 Å². The summed E-state index contributed by atoms with van der Waals surface area (Å²) in [6.07, 6.45) is 3.06. The molecule has 0 unspecified atom stereocenters. The molecule has 2 rings (SSSR count). The number of aromatic nitrogens is 2. The minimum absolute atomic E-state index is 0.538. The summed E-state index contributed by atoms with van der Waals surface area (Å²) in [5.74, 6) is 0.815. The fourth-order valence-corrected chi connectivity index (χ4v) is 1.64. The maximum absolute atomic E-state index is 6.02. The highest BCUT2D eigenvalue weighted by molar-refractivity contribution is 6.32. The quantitative estimate of drug-likeness (QED) is 0.818. The van der Waals surface area contributed by atoms with Crippen LogP contribution in [-0.2, 0) is 0 Å². The summed E-state index contributed by atoms with van der Waals surface area (Å²) < 4.78 is 5.42. The first-order valence-electron chi connectivity index (χ1n) is 5.00. The first kappa shape index (κ1) is 10.9. The lowest BCUT2D eigenvalue weighted by Gasteiger charge is -2.06. The van der Waals surface area contributed by atoms with Crippen molar-refractivity contribution in [3.8, 4) is 17.0 Å². The van der Waals surface area contributed by atoms with Gasteiger partial charge < -0.3 is 4.74 Å². The van der Waals surface area contributed by atoms with Crippen molar-refractivity contribution >= 4 is 11.6 Å². The summed E-state index contributed by atoms with van der Waals surface area (Å²) in [4.78, 5) is 8.01. The molecule has 0 amide bonds. The molecular weight excluding hydrogens is 224 g/mol. The molecule has 0 fully saturated rings. The Morgan fingerprint density at radius 3 is 3.00 bits per heavy atom. The van der Waals surface area contributed by atoms with Gasteiger partial charge in [-0.3, -0.25) is 0 Å². The molecule has 0 aliphatic heterocycles. The summed E-state index contributed by atoms with van der Waals surface area (Å²) >= 11 is 6.02. The predicted molar refractivity (Wildman–Crippen MR) is 63.6 cm³/mol. The van der Waals surface area contributed by atoms with Crippen LogP contribution < -0.4 is 4.74 Å². The zero-order valence-corrected chi connectivity index (χ0v) is 9.61. The van der Waals surface area contributed by atoms with E-state index in [2.05, 4.69) is 9.97 Å². The molecule has 0 saturated heterocycles. The summed E-state index contributed by atoms with van der Waals surface area (Å²) in [6.45, 7) is 2.59. The number of hydrogen-bond donors (Lipinski definition) is 0. The van der Waals surface area contributed by atoms with E-state index in [1.54, 1.807) is 6.20 Å². The van der Waals surface area contributed by atoms with Gasteiger partial charge in [-0.2, -0.15) is 0 Å². The molecule has 0 N–H and O–H groups in total. The van der Waals surface area contributed by atoms with Crippen LogP contribution >= 0.6 is 11.6 Å². The number of hydrogen-bond acceptors (Lipinski definition) is 3. The SMILES string of the molecule is CCOc1cccc(-c2ncncc2Cl)c1. The molecule has 4 heteroatoms. The second-order valence-electron chi connectivity index (χ2n) is 3.18. The van der Waals surface area contributed by atoms with Gasteiger partial charge in [0.05, 0.1) is 17.3 Å². The Balaban J connectivity index is 2.40. The van der Waals surface area contributed by atoms with Crippen molar-refractivity contribution in [2.75, 3.05) is 6.61 Å². The van der Waals surface area contributed by atoms with Crippen LogP contribution in [0.2, 0.25) is 5.02 Å². The lowest BCUT2D eigenvalue weighted by molar-refractivity contribution is 0.340. The van der Waals surface area contributed by atoms with E-state index >= 15 is 0 Å². The maximum atomic E-state index is 6.02. The van der Waals surface area contributed by atoms with E-state index in [1.165, 1.54) is 6.33 Å². The van der Waals surface area contributed by atoms with E-state index in [0.29, 0.717) is 11.6 Å². The first-order valence-corrected chi connectivity index (χ1v) is 5.38. The van der Waals surface area contributed by atoms with Crippen molar-refractivity contribution in [3.63, 3.8) is 0 Å². The molecule has 0 atom stereocenters. The zero-order chi connectivity index (χ0) is 11.4. The molecule has 16 heavy (non-hydrogen) atoms. The number of halogens is 1. The molecule has 0 bridgehead atoms. The Bertz CT molecular complexity index is 488. The summed E-state index contributed by atoms with van der Waals surface area (Å²) in [6, 6.07) is 7.68. The molecule has 0 spiro atoms. The van der Waals surface area contributed by atoms with E-state index in [0.717, 1.165) is 17.0 Å². The van der Waals surface area contributed by atoms with Crippen molar-refractivity contribution < 1.29 is 4.74 Å². The second-order valence-corrected chi connectivity index (χ2v) is 3.59. The van der Waals surface area contributed by atoms with Gasteiger partial charge in [-0.15, -0.1) is 0 Å². The molecule has 82 valence electrons. The number of ether oxygens (including phenoxy) is 1. The van der Waals surface area contributed by atoms with Crippen molar-refractivity contribution in [1.82, 2.24) is 9.97 Å². The third-order valence-corrected chi connectivity index (χ3v) is 2.36. The van der Waals surface area contributed by atoms with Crippen LogP contribution in [0.3, 0.4) is 0 Å². The molecule has 1 aromatic heterocycles. The minimum atomic E-state index is 0.538. The molecule has 0 saturated carbocycles. The molecule has 1 heterocycles. The molecule has 3 nitrogen and oxygen atoms in total. The van der Waals surface area contributed by atoms with Gasteiger partial charge >= 0.3 is 0 Å². The van der Waals surface area contributed by atoms with Crippen molar-refractivity contribution in [1.29, 1.82) is 0 Å². The molecule has 1 aromatic carbocycles. The lowest BCUT2D eigenvalue weighted by Crippen LogP contribution is -1.92. The van der Waals surface area contributed by atoms with Gasteiger partial charge in [-0.05, 0) is 19.1 Å². The van der Waals surface area contributed by atoms with Gasteiger partial charge in [0, 0.05) is 11.8 Å². The highest BCUT2D eigenvalue weighted by Gasteiger charge is 2.05. The van der Waals surface area contributed by atoms with E-state index in [1.807, 2.05) is 31.2 Å². The molecule has 0 radical (unpaired) electrons. The lowest BCUT2D eigenvalue weighted by atomic mass is 10.1. The van der Waals surface area contributed by atoms with Crippen LogP contribution in [0.4, 0.5) is 0 Å². The van der Waals surface area contributed by atoms with Gasteiger partial charge in [-0.25, -0.2) is 9.97 Å². The van der Waals surface area contributed by atoms with Crippen molar-refractivity contribution in [2.45, 2.75) is 6.92 Å². The Hall–Kier alpha value is -1.61. The highest BCUT2D eigenvalue weighted by atomic mass is 35.5. The van der Waals surface area contributed by atoms with E-state index in [-0.39, 0.29) is 0 Å². The zero-order valence-electron chi connectivity index (χ0n) is 8.85. The number of nitrogens with zero attached hydrogens (tertiary/aromatic N) is 2. The Morgan fingerprint density at radius 2 is 2.25 bits per heavy atom. The average Bonchev–Trinajstić information content (AvgIpc) is 2.30. The van der Waals surface area contributed by atoms with Crippen LogP contribution in [0.25, 0.3) is 11.3 Å². The summed E-state index contributed by atoms with van der Waals surface area (Å²) in [7, 11) is 0. The number of benzene rings is 1. The highest BCUT2D eigenvalue weighted by Crippen LogP contribution is 2.27. The topological polar surface area (TPSA) is 35.0 Å². The molecule has 2 aromatic rings. The van der Waals surface area contributed by atoms with E-state index in [9.17, 15) is 0 Å². The predicted octanol–water partition coefficient (Wildman–Crippen LogP) is 3.20. The molecular formula is C12H11ClN2O. The third-order valence-electron chi connectivity index (χ3n) is 2.09. The van der Waals surface area contributed by atoms with Crippen LogP contribution in [0.1, 0.15) is 6.92 Å². The smallest absolute Gasteiger partial charge is 0.119 e. The largest absolute Gasteiger partial charge is 0.494 e. The second kappa shape index (κ2) is 4.94. The normalized spacial score (nSPS) is 10.1. The van der Waals surface area contributed by atoms with E-state index < -0.39 is 0 Å². The van der Waals surface area contributed by atoms with E-state index in [4.69, 9.17) is 16.3 Å². The summed E-state index contributed by atoms with van der Waals surface area (Å²) in [5.41, 5.74) is 1.65. The van der Waals surface area contributed by atoms with Gasteiger partial charge in [0.2, 0.25) is 0 Å². The fraction of sp³-hybridized carbons (Fsp3) is 0.167. The average molecular weight is 235 g/mol. The van der Waals surface area contributed by atoms with Crippen molar-refractivity contribution in [3.05, 3.63) is 41.8 Å². The van der Waals surface area contributed by atoms with Crippen LogP contribution in [0.5, 0.6) is 5.75 Å². The van der Waals surface area contributed by atoms with Crippen LogP contribution in [-0.4, -0.2) is 16.6 Å². The molecule has 0 aliphatic rings. The Labute approximate surface area is 99.1 Å². The van der Waals surface area contributed by atoms with Gasteiger partial charge in [0.15, 0.2) is 0 Å². The Kier molecular flexibility index (Phi) is 3.37. The monoisotopic (exact) mass is 234 g/mol. The summed E-state index contributed by atoms with van der Waals surface area (Å²) in [5, 5.41) is 0.538. The van der Waals surface area contributed by atoms with Crippen molar-refractivity contribution in [2.24, 2.45) is 0 Å². The molecule has 0 aliphatic carbocycles. The maximum Gasteiger partial charge on any atom is 0.119 e. The Morgan fingerprint density at radius 1 is 1.38 bits per heavy atom. The minimum Gasteiger partial charge on any atom is -0.494 e. The third kappa shape index (κ3) is 2.31. The van der Waals surface area contributed by atoms with Gasteiger partial charge in [-0.1, -0.05) is 23.7 Å². The fourth-order valence-electron chi connectivity index (χ4n) is 1.42. The first-order chi connectivity index (χ1) is 7.81.